The lowest BCUT2D eigenvalue weighted by Gasteiger charge is -2.27. The first-order chi connectivity index (χ1) is 10.1. The monoisotopic (exact) mass is 368 g/mol. The molecule has 4 nitrogen and oxygen atoms in total. The molecule has 0 bridgehead atoms. The van der Waals surface area contributed by atoms with Gasteiger partial charge in [-0.3, -0.25) is 9.59 Å². The number of amides is 2. The van der Waals surface area contributed by atoms with Crippen molar-refractivity contribution in [2.45, 2.75) is 18.9 Å². The van der Waals surface area contributed by atoms with Crippen molar-refractivity contribution in [1.82, 2.24) is 9.80 Å². The van der Waals surface area contributed by atoms with Gasteiger partial charge in [0.25, 0.3) is 0 Å². The molecule has 3 rings (SSSR count). The average molecular weight is 369 g/mol. The number of likely N-dealkylation sites (tertiary alicyclic amines) is 1. The Labute approximate surface area is 137 Å². The van der Waals surface area contributed by atoms with Crippen LogP contribution in [0.4, 0.5) is 0 Å². The van der Waals surface area contributed by atoms with Gasteiger partial charge in [-0.2, -0.15) is 0 Å². The number of rotatable bonds is 3. The molecule has 2 aliphatic heterocycles. The number of carbonyl (C=O) groups excluding carboxylic acids is 2. The second-order valence-electron chi connectivity index (χ2n) is 5.37. The van der Waals surface area contributed by atoms with Crippen LogP contribution in [0.2, 0.25) is 0 Å². The highest BCUT2D eigenvalue weighted by molar-refractivity contribution is 9.10. The zero-order valence-corrected chi connectivity index (χ0v) is 14.0. The molecule has 1 aromatic rings. The molecule has 6 heteroatoms. The number of hydrogen-bond acceptors (Lipinski definition) is 3. The predicted octanol–water partition coefficient (Wildman–Crippen LogP) is 2.65. The molecule has 112 valence electrons. The first kappa shape index (κ1) is 14.9. The van der Waals surface area contributed by atoms with Gasteiger partial charge in [0.1, 0.15) is 6.54 Å². The number of hydrogen-bond donors (Lipinski definition) is 0. The van der Waals surface area contributed by atoms with Crippen LogP contribution in [0.25, 0.3) is 0 Å². The van der Waals surface area contributed by atoms with E-state index < -0.39 is 0 Å². The summed E-state index contributed by atoms with van der Waals surface area (Å²) in [5.41, 5.74) is 1.17. The van der Waals surface area contributed by atoms with Gasteiger partial charge in [0.15, 0.2) is 0 Å². The molecule has 2 saturated heterocycles. The quantitative estimate of drug-likeness (QED) is 0.823. The summed E-state index contributed by atoms with van der Waals surface area (Å²) in [6.45, 7) is 1.01. The number of halogens is 1. The molecule has 2 amide bonds. The minimum absolute atomic E-state index is 0.0660. The Morgan fingerprint density at radius 3 is 2.76 bits per heavy atom. The standard InChI is InChI=1S/C15H17BrN2O2S/c16-12-5-3-11(4-6-12)13-2-1-7-18(13)14(19)8-17-10-21-9-15(17)20/h3-6,13H,1-2,7-10H2. The Morgan fingerprint density at radius 1 is 1.33 bits per heavy atom. The molecule has 2 aliphatic rings. The third kappa shape index (κ3) is 3.26. The van der Waals surface area contributed by atoms with E-state index in [0.717, 1.165) is 23.9 Å². The fourth-order valence-corrected chi connectivity index (χ4v) is 4.06. The van der Waals surface area contributed by atoms with Crippen LogP contribution >= 0.6 is 27.7 Å². The minimum atomic E-state index is 0.0660. The van der Waals surface area contributed by atoms with E-state index in [1.54, 1.807) is 16.7 Å². The van der Waals surface area contributed by atoms with E-state index in [4.69, 9.17) is 0 Å². The Bertz CT molecular complexity index is 549. The zero-order chi connectivity index (χ0) is 14.8. The molecule has 0 aliphatic carbocycles. The maximum absolute atomic E-state index is 12.5. The molecule has 2 fully saturated rings. The second kappa shape index (κ2) is 6.40. The minimum Gasteiger partial charge on any atom is -0.334 e. The second-order valence-corrected chi connectivity index (χ2v) is 7.24. The van der Waals surface area contributed by atoms with E-state index in [2.05, 4.69) is 28.1 Å². The maximum Gasteiger partial charge on any atom is 0.242 e. The maximum atomic E-state index is 12.5. The predicted molar refractivity (Wildman–Crippen MR) is 86.9 cm³/mol. The van der Waals surface area contributed by atoms with Crippen molar-refractivity contribution in [3.05, 3.63) is 34.3 Å². The lowest BCUT2D eigenvalue weighted by atomic mass is 10.0. The number of thioether (sulfide) groups is 1. The van der Waals surface area contributed by atoms with E-state index >= 15 is 0 Å². The van der Waals surface area contributed by atoms with E-state index in [1.165, 1.54) is 5.56 Å². The number of carbonyl (C=O) groups is 2. The highest BCUT2D eigenvalue weighted by Gasteiger charge is 2.32. The summed E-state index contributed by atoms with van der Waals surface area (Å²) in [6.07, 6.45) is 2.02. The highest BCUT2D eigenvalue weighted by Crippen LogP contribution is 2.32. The van der Waals surface area contributed by atoms with Gasteiger partial charge in [-0.15, -0.1) is 11.8 Å². The first-order valence-corrected chi connectivity index (χ1v) is 9.00. The molecule has 0 spiro atoms. The molecule has 2 heterocycles. The van der Waals surface area contributed by atoms with Crippen LogP contribution in [0.15, 0.2) is 28.7 Å². The van der Waals surface area contributed by atoms with Crippen LogP contribution in [-0.4, -0.2) is 46.3 Å². The molecule has 0 N–H and O–H groups in total. The molecule has 0 radical (unpaired) electrons. The Kier molecular flexibility index (Phi) is 4.54. The van der Waals surface area contributed by atoms with Gasteiger partial charge < -0.3 is 9.80 Å². The van der Waals surface area contributed by atoms with Crippen molar-refractivity contribution >= 4 is 39.5 Å². The molecule has 21 heavy (non-hydrogen) atoms. The molecule has 0 saturated carbocycles. The van der Waals surface area contributed by atoms with Crippen molar-refractivity contribution in [1.29, 1.82) is 0 Å². The van der Waals surface area contributed by atoms with Crippen molar-refractivity contribution in [3.8, 4) is 0 Å². The topological polar surface area (TPSA) is 40.6 Å². The van der Waals surface area contributed by atoms with Crippen molar-refractivity contribution < 1.29 is 9.59 Å². The largest absolute Gasteiger partial charge is 0.334 e. The summed E-state index contributed by atoms with van der Waals surface area (Å²) < 4.78 is 1.04. The molecule has 1 unspecified atom stereocenters. The Hall–Kier alpha value is -1.01. The smallest absolute Gasteiger partial charge is 0.242 e. The lowest BCUT2D eigenvalue weighted by molar-refractivity contribution is -0.138. The van der Waals surface area contributed by atoms with Gasteiger partial charge in [0, 0.05) is 11.0 Å². The zero-order valence-electron chi connectivity index (χ0n) is 11.6. The van der Waals surface area contributed by atoms with Crippen LogP contribution < -0.4 is 0 Å². The van der Waals surface area contributed by atoms with Crippen LogP contribution in [-0.2, 0) is 9.59 Å². The summed E-state index contributed by atoms with van der Waals surface area (Å²) in [4.78, 5) is 27.7. The van der Waals surface area contributed by atoms with E-state index in [0.29, 0.717) is 11.6 Å². The molecule has 1 atom stereocenters. The van der Waals surface area contributed by atoms with Gasteiger partial charge in [-0.1, -0.05) is 28.1 Å². The van der Waals surface area contributed by atoms with Crippen molar-refractivity contribution in [3.63, 3.8) is 0 Å². The van der Waals surface area contributed by atoms with Gasteiger partial charge >= 0.3 is 0 Å². The Balaban J connectivity index is 1.69. The van der Waals surface area contributed by atoms with Crippen molar-refractivity contribution in [2.75, 3.05) is 24.7 Å². The van der Waals surface area contributed by atoms with E-state index in [-0.39, 0.29) is 24.4 Å². The number of benzene rings is 1. The van der Waals surface area contributed by atoms with Crippen LogP contribution in [0.5, 0.6) is 0 Å². The van der Waals surface area contributed by atoms with E-state index in [1.807, 2.05) is 17.0 Å². The average Bonchev–Trinajstić information content (AvgIpc) is 3.09. The van der Waals surface area contributed by atoms with Gasteiger partial charge in [-0.25, -0.2) is 0 Å². The van der Waals surface area contributed by atoms with Gasteiger partial charge in [0.05, 0.1) is 17.7 Å². The first-order valence-electron chi connectivity index (χ1n) is 7.05. The highest BCUT2D eigenvalue weighted by atomic mass is 79.9. The van der Waals surface area contributed by atoms with Crippen LogP contribution in [0, 0.1) is 0 Å². The van der Waals surface area contributed by atoms with Gasteiger partial charge in [-0.05, 0) is 30.5 Å². The van der Waals surface area contributed by atoms with E-state index in [9.17, 15) is 9.59 Å². The third-order valence-corrected chi connectivity index (χ3v) is 5.45. The van der Waals surface area contributed by atoms with Gasteiger partial charge in [0.2, 0.25) is 11.8 Å². The van der Waals surface area contributed by atoms with Crippen LogP contribution in [0.1, 0.15) is 24.4 Å². The Morgan fingerprint density at radius 2 is 2.10 bits per heavy atom. The number of nitrogens with zero attached hydrogens (tertiary/aromatic N) is 2. The summed E-state index contributed by atoms with van der Waals surface area (Å²) >= 11 is 5.01. The summed E-state index contributed by atoms with van der Waals surface area (Å²) in [5, 5.41) is 0. The fourth-order valence-electron chi connectivity index (χ4n) is 2.89. The molecule has 0 aromatic heterocycles. The molecular weight excluding hydrogens is 352 g/mol. The fraction of sp³-hybridized carbons (Fsp3) is 0.467. The SMILES string of the molecule is O=C1CSCN1CC(=O)N1CCCC1c1ccc(Br)cc1. The van der Waals surface area contributed by atoms with Crippen molar-refractivity contribution in [2.24, 2.45) is 0 Å². The summed E-state index contributed by atoms with van der Waals surface area (Å²) in [5.74, 6) is 1.29. The third-order valence-electron chi connectivity index (χ3n) is 3.98. The summed E-state index contributed by atoms with van der Waals surface area (Å²) in [6, 6.07) is 8.30. The lowest BCUT2D eigenvalue weighted by Crippen LogP contribution is -2.40. The van der Waals surface area contributed by atoms with Crippen LogP contribution in [0.3, 0.4) is 0 Å². The molecule has 1 aromatic carbocycles. The normalized spacial score (nSPS) is 22.1. The molecular formula is C15H17BrN2O2S. The summed E-state index contributed by atoms with van der Waals surface area (Å²) in [7, 11) is 0.